The number of ketones is 1. The first-order valence-electron chi connectivity index (χ1n) is 9.05. The Kier molecular flexibility index (Phi) is 5.40. The highest BCUT2D eigenvalue weighted by Gasteiger charge is 2.48. The van der Waals surface area contributed by atoms with Gasteiger partial charge >= 0.3 is 5.91 Å². The zero-order chi connectivity index (χ0) is 21.6. The predicted octanol–water partition coefficient (Wildman–Crippen LogP) is 5.69. The van der Waals surface area contributed by atoms with Gasteiger partial charge in [-0.25, -0.2) is 4.98 Å². The standard InChI is InChI=1S/C22H16Cl2N2O3S/c1-11-12(2)30-22(25-11)26-18(14-8-9-15(23)16(24)10-14)17(20(28)21(26)29)19(27)13-6-4-3-5-7-13/h3-10,18,27H,1-2H3/b19-17+/t18-/m1/s1. The van der Waals surface area contributed by atoms with Crippen molar-refractivity contribution in [1.29, 1.82) is 0 Å². The van der Waals surface area contributed by atoms with Crippen LogP contribution in [-0.2, 0) is 9.59 Å². The van der Waals surface area contributed by atoms with Crippen LogP contribution in [-0.4, -0.2) is 21.8 Å². The molecule has 0 saturated carbocycles. The van der Waals surface area contributed by atoms with E-state index in [1.54, 1.807) is 48.5 Å². The molecule has 152 valence electrons. The maximum Gasteiger partial charge on any atom is 0.301 e. The zero-order valence-electron chi connectivity index (χ0n) is 16.0. The van der Waals surface area contributed by atoms with Gasteiger partial charge < -0.3 is 5.11 Å². The molecule has 4 rings (SSSR count). The summed E-state index contributed by atoms with van der Waals surface area (Å²) in [5.41, 5.74) is 1.74. The van der Waals surface area contributed by atoms with Crippen molar-refractivity contribution in [2.24, 2.45) is 0 Å². The lowest BCUT2D eigenvalue weighted by atomic mass is 9.95. The largest absolute Gasteiger partial charge is 0.507 e. The lowest BCUT2D eigenvalue weighted by Gasteiger charge is -2.23. The SMILES string of the molecule is Cc1nc(N2C(=O)C(=O)/C(=C(/O)c3ccccc3)[C@H]2c2ccc(Cl)c(Cl)c2)sc1C. The van der Waals surface area contributed by atoms with Gasteiger partial charge in [-0.3, -0.25) is 14.5 Å². The van der Waals surface area contributed by atoms with Gasteiger partial charge in [0.15, 0.2) is 5.13 Å². The number of amides is 1. The summed E-state index contributed by atoms with van der Waals surface area (Å²) in [5.74, 6) is -1.78. The number of aryl methyl sites for hydroxylation is 2. The first-order chi connectivity index (χ1) is 14.3. The molecular weight excluding hydrogens is 443 g/mol. The first-order valence-corrected chi connectivity index (χ1v) is 10.6. The van der Waals surface area contributed by atoms with Crippen LogP contribution in [0.2, 0.25) is 10.0 Å². The van der Waals surface area contributed by atoms with E-state index in [1.165, 1.54) is 16.2 Å². The fraction of sp³-hybridized carbons (Fsp3) is 0.136. The van der Waals surface area contributed by atoms with Crippen LogP contribution in [0.3, 0.4) is 0 Å². The van der Waals surface area contributed by atoms with E-state index in [2.05, 4.69) is 4.98 Å². The van der Waals surface area contributed by atoms with Gasteiger partial charge in [0.1, 0.15) is 5.76 Å². The van der Waals surface area contributed by atoms with E-state index >= 15 is 0 Å². The van der Waals surface area contributed by atoms with Crippen molar-refractivity contribution in [2.75, 3.05) is 4.90 Å². The van der Waals surface area contributed by atoms with Crippen LogP contribution < -0.4 is 4.90 Å². The fourth-order valence-electron chi connectivity index (χ4n) is 3.34. The van der Waals surface area contributed by atoms with Gasteiger partial charge in [0.05, 0.1) is 27.4 Å². The van der Waals surface area contributed by atoms with E-state index in [9.17, 15) is 14.7 Å². The highest BCUT2D eigenvalue weighted by molar-refractivity contribution is 7.16. The summed E-state index contributed by atoms with van der Waals surface area (Å²) in [7, 11) is 0. The Labute approximate surface area is 187 Å². The molecule has 1 fully saturated rings. The molecule has 1 saturated heterocycles. The van der Waals surface area contributed by atoms with Gasteiger partial charge in [-0.05, 0) is 31.5 Å². The van der Waals surface area contributed by atoms with E-state index in [0.717, 1.165) is 10.6 Å². The average molecular weight is 459 g/mol. The Balaban J connectivity index is 1.97. The molecule has 0 aliphatic carbocycles. The second-order valence-electron chi connectivity index (χ2n) is 6.85. The van der Waals surface area contributed by atoms with Crippen LogP contribution in [0.1, 0.15) is 27.7 Å². The van der Waals surface area contributed by atoms with E-state index in [-0.39, 0.29) is 16.4 Å². The molecule has 1 atom stereocenters. The number of hydrogen-bond donors (Lipinski definition) is 1. The van der Waals surface area contributed by atoms with Gasteiger partial charge in [-0.1, -0.05) is 59.6 Å². The summed E-state index contributed by atoms with van der Waals surface area (Å²) in [6.07, 6.45) is 0. The Morgan fingerprint density at radius 1 is 1.07 bits per heavy atom. The van der Waals surface area contributed by atoms with Gasteiger partial charge in [-0.2, -0.15) is 0 Å². The molecule has 1 aliphatic heterocycles. The van der Waals surface area contributed by atoms with Crippen molar-refractivity contribution in [3.63, 3.8) is 0 Å². The zero-order valence-corrected chi connectivity index (χ0v) is 18.3. The summed E-state index contributed by atoms with van der Waals surface area (Å²) in [6.45, 7) is 3.73. The highest BCUT2D eigenvalue weighted by Crippen LogP contribution is 2.44. The molecule has 1 amide bonds. The number of rotatable bonds is 3. The molecule has 0 bridgehead atoms. The molecular formula is C22H16Cl2N2O3S. The molecule has 8 heteroatoms. The molecule has 0 unspecified atom stereocenters. The minimum absolute atomic E-state index is 0.0184. The normalized spacial score (nSPS) is 18.3. The third kappa shape index (κ3) is 3.41. The number of carbonyl (C=O) groups is 2. The Hall–Kier alpha value is -2.67. The number of anilines is 1. The van der Waals surface area contributed by atoms with Crippen molar-refractivity contribution in [1.82, 2.24) is 4.98 Å². The third-order valence-corrected chi connectivity index (χ3v) is 6.79. The number of thiazole rings is 1. The van der Waals surface area contributed by atoms with Crippen LogP contribution in [0.4, 0.5) is 5.13 Å². The summed E-state index contributed by atoms with van der Waals surface area (Å²) in [6, 6.07) is 12.6. The Morgan fingerprint density at radius 3 is 2.37 bits per heavy atom. The average Bonchev–Trinajstić information content (AvgIpc) is 3.20. The monoisotopic (exact) mass is 458 g/mol. The quantitative estimate of drug-likeness (QED) is 0.310. The van der Waals surface area contributed by atoms with Gasteiger partial charge in [0.25, 0.3) is 5.78 Å². The number of aliphatic hydroxyl groups excluding tert-OH is 1. The highest BCUT2D eigenvalue weighted by atomic mass is 35.5. The second kappa shape index (κ2) is 7.87. The number of Topliss-reactive ketones (excluding diaryl/α,β-unsaturated/α-hetero) is 1. The van der Waals surface area contributed by atoms with E-state index in [1.807, 2.05) is 13.8 Å². The van der Waals surface area contributed by atoms with Gasteiger partial charge in [-0.15, -0.1) is 11.3 Å². The van der Waals surface area contributed by atoms with Crippen molar-refractivity contribution < 1.29 is 14.7 Å². The van der Waals surface area contributed by atoms with E-state index in [4.69, 9.17) is 23.2 Å². The summed E-state index contributed by atoms with van der Waals surface area (Å²) < 4.78 is 0. The van der Waals surface area contributed by atoms with E-state index < -0.39 is 17.7 Å². The van der Waals surface area contributed by atoms with Crippen molar-refractivity contribution in [3.05, 3.63) is 85.8 Å². The van der Waals surface area contributed by atoms with Crippen LogP contribution >= 0.6 is 34.5 Å². The van der Waals surface area contributed by atoms with Crippen LogP contribution in [0.25, 0.3) is 5.76 Å². The minimum Gasteiger partial charge on any atom is -0.507 e. The van der Waals surface area contributed by atoms with Crippen LogP contribution in [0.5, 0.6) is 0 Å². The lowest BCUT2D eigenvalue weighted by molar-refractivity contribution is -0.132. The molecule has 3 aromatic rings. The third-order valence-electron chi connectivity index (χ3n) is 4.97. The number of aliphatic hydroxyl groups is 1. The summed E-state index contributed by atoms with van der Waals surface area (Å²) in [4.78, 5) is 32.8. The molecule has 2 heterocycles. The molecule has 5 nitrogen and oxygen atoms in total. The van der Waals surface area contributed by atoms with Crippen molar-refractivity contribution >= 4 is 57.1 Å². The maximum absolute atomic E-state index is 13.0. The van der Waals surface area contributed by atoms with Crippen molar-refractivity contribution in [3.8, 4) is 0 Å². The number of nitrogens with zero attached hydrogens (tertiary/aromatic N) is 2. The fourth-order valence-corrected chi connectivity index (χ4v) is 4.58. The summed E-state index contributed by atoms with van der Waals surface area (Å²) in [5, 5.41) is 12.0. The molecule has 1 aliphatic rings. The molecule has 1 aromatic heterocycles. The van der Waals surface area contributed by atoms with E-state index in [0.29, 0.717) is 21.3 Å². The number of hydrogen-bond acceptors (Lipinski definition) is 5. The molecule has 0 radical (unpaired) electrons. The molecule has 0 spiro atoms. The predicted molar refractivity (Wildman–Crippen MR) is 119 cm³/mol. The maximum atomic E-state index is 13.0. The molecule has 1 N–H and O–H groups in total. The molecule has 2 aromatic carbocycles. The minimum atomic E-state index is -0.884. The van der Waals surface area contributed by atoms with Crippen molar-refractivity contribution in [2.45, 2.75) is 19.9 Å². The number of halogens is 2. The first kappa shape index (κ1) is 20.6. The van der Waals surface area contributed by atoms with Crippen LogP contribution in [0.15, 0.2) is 54.1 Å². The lowest BCUT2D eigenvalue weighted by Crippen LogP contribution is -2.29. The van der Waals surface area contributed by atoms with Crippen LogP contribution in [0, 0.1) is 13.8 Å². The Bertz CT molecular complexity index is 1180. The van der Waals surface area contributed by atoms with Gasteiger partial charge in [0, 0.05) is 10.4 Å². The number of benzene rings is 2. The Morgan fingerprint density at radius 2 is 1.77 bits per heavy atom. The second-order valence-corrected chi connectivity index (χ2v) is 8.84. The summed E-state index contributed by atoms with van der Waals surface area (Å²) >= 11 is 13.6. The number of aromatic nitrogens is 1. The molecule has 30 heavy (non-hydrogen) atoms. The number of carbonyl (C=O) groups excluding carboxylic acids is 2. The van der Waals surface area contributed by atoms with Gasteiger partial charge in [0.2, 0.25) is 0 Å². The smallest absolute Gasteiger partial charge is 0.301 e. The topological polar surface area (TPSA) is 70.5 Å².